The summed E-state index contributed by atoms with van der Waals surface area (Å²) in [5, 5.41) is 1.04. The summed E-state index contributed by atoms with van der Waals surface area (Å²) in [6, 6.07) is 0. The summed E-state index contributed by atoms with van der Waals surface area (Å²) in [5.41, 5.74) is 0. The Kier molecular flexibility index (Phi) is 12.2. The number of carbonyl (C=O) groups excluding carboxylic acids is 1. The van der Waals surface area contributed by atoms with E-state index in [1.54, 1.807) is 14.2 Å². The molecule has 0 heterocycles. The monoisotopic (exact) mass is 310 g/mol. The van der Waals surface area contributed by atoms with Crippen molar-refractivity contribution in [2.24, 2.45) is 0 Å². The minimum Gasteiger partial charge on any atom is -0.466 e. The van der Waals surface area contributed by atoms with Gasteiger partial charge in [0.05, 0.1) is 13.0 Å². The van der Waals surface area contributed by atoms with Crippen LogP contribution in [0.4, 0.5) is 0 Å². The van der Waals surface area contributed by atoms with Crippen LogP contribution in [-0.4, -0.2) is 38.4 Å². The number of ether oxygens (including phenoxy) is 3. The van der Waals surface area contributed by atoms with Crippen molar-refractivity contribution in [1.82, 2.24) is 0 Å². The van der Waals surface area contributed by atoms with Gasteiger partial charge in [-0.05, 0) is 12.8 Å². The van der Waals surface area contributed by atoms with E-state index in [9.17, 15) is 4.79 Å². The van der Waals surface area contributed by atoms with Gasteiger partial charge in [-0.1, -0.05) is 28.8 Å². The molecule has 17 heavy (non-hydrogen) atoms. The molecule has 0 aliphatic carbocycles. The Morgan fingerprint density at radius 3 is 2.35 bits per heavy atom. The Hall–Kier alpha value is -0.130. The average molecular weight is 311 g/mol. The SMILES string of the molecule is COC(CCC(=O)OCCCCCCBr)OC. The van der Waals surface area contributed by atoms with Crippen molar-refractivity contribution < 1.29 is 19.0 Å². The highest BCUT2D eigenvalue weighted by molar-refractivity contribution is 9.09. The van der Waals surface area contributed by atoms with Gasteiger partial charge in [-0.25, -0.2) is 0 Å². The Balaban J connectivity index is 3.34. The van der Waals surface area contributed by atoms with Gasteiger partial charge in [0.25, 0.3) is 0 Å². The van der Waals surface area contributed by atoms with E-state index in [0.717, 1.165) is 18.2 Å². The normalized spacial score (nSPS) is 10.8. The number of rotatable bonds is 11. The van der Waals surface area contributed by atoms with Crippen molar-refractivity contribution in [2.45, 2.75) is 44.8 Å². The zero-order chi connectivity index (χ0) is 12.9. The second-order valence-corrected chi connectivity index (χ2v) is 4.56. The molecule has 0 aliphatic heterocycles. The maximum atomic E-state index is 11.3. The number of esters is 1. The van der Waals surface area contributed by atoms with Gasteiger partial charge >= 0.3 is 5.97 Å². The number of alkyl halides is 1. The van der Waals surface area contributed by atoms with Crippen LogP contribution in [0.2, 0.25) is 0 Å². The first-order chi connectivity index (χ1) is 8.24. The lowest BCUT2D eigenvalue weighted by Crippen LogP contribution is -2.16. The number of hydrogen-bond donors (Lipinski definition) is 0. The highest BCUT2D eigenvalue weighted by Crippen LogP contribution is 2.05. The van der Waals surface area contributed by atoms with Crippen LogP contribution < -0.4 is 0 Å². The third-order valence-electron chi connectivity index (χ3n) is 2.40. The van der Waals surface area contributed by atoms with Crippen molar-refractivity contribution in [1.29, 1.82) is 0 Å². The fourth-order valence-electron chi connectivity index (χ4n) is 1.38. The summed E-state index contributed by atoms with van der Waals surface area (Å²) < 4.78 is 15.1. The predicted molar refractivity (Wildman–Crippen MR) is 70.3 cm³/mol. The average Bonchev–Trinajstić information content (AvgIpc) is 2.35. The number of hydrogen-bond acceptors (Lipinski definition) is 4. The molecule has 0 aromatic heterocycles. The molecule has 0 atom stereocenters. The van der Waals surface area contributed by atoms with Crippen LogP contribution in [0.5, 0.6) is 0 Å². The second kappa shape index (κ2) is 12.3. The molecule has 102 valence electrons. The predicted octanol–water partition coefficient (Wildman–Crippen LogP) is 2.88. The van der Waals surface area contributed by atoms with Crippen molar-refractivity contribution in [3.63, 3.8) is 0 Å². The molecular weight excluding hydrogens is 288 g/mol. The van der Waals surface area contributed by atoms with Crippen molar-refractivity contribution in [3.05, 3.63) is 0 Å². The van der Waals surface area contributed by atoms with Crippen LogP contribution in [0.3, 0.4) is 0 Å². The molecule has 0 bridgehead atoms. The summed E-state index contributed by atoms with van der Waals surface area (Å²) in [4.78, 5) is 11.3. The van der Waals surface area contributed by atoms with Gasteiger partial charge in [0.2, 0.25) is 0 Å². The first-order valence-corrected chi connectivity index (χ1v) is 7.14. The lowest BCUT2D eigenvalue weighted by molar-refractivity contribution is -0.148. The Bertz CT molecular complexity index is 183. The fourth-order valence-corrected chi connectivity index (χ4v) is 1.77. The van der Waals surface area contributed by atoms with E-state index < -0.39 is 0 Å². The van der Waals surface area contributed by atoms with E-state index in [1.807, 2.05) is 0 Å². The van der Waals surface area contributed by atoms with Gasteiger partial charge in [-0.3, -0.25) is 4.79 Å². The topological polar surface area (TPSA) is 44.8 Å². The molecule has 0 aromatic rings. The second-order valence-electron chi connectivity index (χ2n) is 3.76. The smallest absolute Gasteiger partial charge is 0.305 e. The summed E-state index contributed by atoms with van der Waals surface area (Å²) >= 11 is 3.38. The Morgan fingerprint density at radius 2 is 1.76 bits per heavy atom. The van der Waals surface area contributed by atoms with Crippen LogP contribution in [-0.2, 0) is 19.0 Å². The van der Waals surface area contributed by atoms with Gasteiger partial charge in [0.15, 0.2) is 6.29 Å². The van der Waals surface area contributed by atoms with Crippen LogP contribution in [0, 0.1) is 0 Å². The van der Waals surface area contributed by atoms with Crippen LogP contribution in [0.15, 0.2) is 0 Å². The molecule has 0 fully saturated rings. The molecule has 0 N–H and O–H groups in total. The number of carbonyl (C=O) groups is 1. The molecular formula is C12H23BrO4. The van der Waals surface area contributed by atoms with E-state index in [0.29, 0.717) is 19.4 Å². The highest BCUT2D eigenvalue weighted by Gasteiger charge is 2.09. The van der Waals surface area contributed by atoms with E-state index in [4.69, 9.17) is 14.2 Å². The quantitative estimate of drug-likeness (QED) is 0.255. The minimum absolute atomic E-state index is 0.176. The van der Waals surface area contributed by atoms with Gasteiger partial charge in [-0.2, -0.15) is 0 Å². The third kappa shape index (κ3) is 10.7. The molecule has 5 heteroatoms. The van der Waals surface area contributed by atoms with Crippen LogP contribution in [0.1, 0.15) is 38.5 Å². The lowest BCUT2D eigenvalue weighted by atomic mass is 10.2. The van der Waals surface area contributed by atoms with Gasteiger partial charge < -0.3 is 14.2 Å². The lowest BCUT2D eigenvalue weighted by Gasteiger charge is -2.12. The third-order valence-corrected chi connectivity index (χ3v) is 2.96. The first kappa shape index (κ1) is 16.9. The largest absolute Gasteiger partial charge is 0.466 e. The number of unbranched alkanes of at least 4 members (excludes halogenated alkanes) is 3. The maximum absolute atomic E-state index is 11.3. The summed E-state index contributed by atoms with van der Waals surface area (Å²) in [6.07, 6.45) is 4.97. The number of methoxy groups -OCH3 is 2. The zero-order valence-corrected chi connectivity index (χ0v) is 12.3. The fraction of sp³-hybridized carbons (Fsp3) is 0.917. The van der Waals surface area contributed by atoms with Crippen molar-refractivity contribution in [3.8, 4) is 0 Å². The van der Waals surface area contributed by atoms with Gasteiger partial charge in [0, 0.05) is 26.0 Å². The number of halogens is 1. The first-order valence-electron chi connectivity index (χ1n) is 6.01. The maximum Gasteiger partial charge on any atom is 0.305 e. The molecule has 0 saturated heterocycles. The van der Waals surface area contributed by atoms with E-state index in [1.165, 1.54) is 12.8 Å². The molecule has 0 unspecified atom stereocenters. The molecule has 0 saturated carbocycles. The minimum atomic E-state index is -0.318. The molecule has 4 nitrogen and oxygen atoms in total. The zero-order valence-electron chi connectivity index (χ0n) is 10.7. The van der Waals surface area contributed by atoms with E-state index in [-0.39, 0.29) is 12.3 Å². The molecule has 0 amide bonds. The molecule has 0 spiro atoms. The van der Waals surface area contributed by atoms with E-state index >= 15 is 0 Å². The van der Waals surface area contributed by atoms with Crippen molar-refractivity contribution >= 4 is 21.9 Å². The summed E-state index contributed by atoms with van der Waals surface area (Å²) in [6.45, 7) is 0.520. The van der Waals surface area contributed by atoms with Gasteiger partial charge in [-0.15, -0.1) is 0 Å². The highest BCUT2D eigenvalue weighted by atomic mass is 79.9. The Morgan fingerprint density at radius 1 is 1.12 bits per heavy atom. The standard InChI is InChI=1S/C12H23BrO4/c1-15-12(16-2)8-7-11(14)17-10-6-4-3-5-9-13/h12H,3-10H2,1-2H3. The van der Waals surface area contributed by atoms with Crippen molar-refractivity contribution in [2.75, 3.05) is 26.2 Å². The summed E-state index contributed by atoms with van der Waals surface area (Å²) in [7, 11) is 3.12. The van der Waals surface area contributed by atoms with Gasteiger partial charge in [0.1, 0.15) is 0 Å². The summed E-state index contributed by atoms with van der Waals surface area (Å²) in [5.74, 6) is -0.176. The molecule has 0 radical (unpaired) electrons. The molecule has 0 rings (SSSR count). The molecule has 0 aromatic carbocycles. The van der Waals surface area contributed by atoms with Crippen LogP contribution >= 0.6 is 15.9 Å². The molecule has 0 aliphatic rings. The van der Waals surface area contributed by atoms with Crippen LogP contribution in [0.25, 0.3) is 0 Å². The Labute approximate surface area is 112 Å². The van der Waals surface area contributed by atoms with E-state index in [2.05, 4.69) is 15.9 Å².